The lowest BCUT2D eigenvalue weighted by atomic mass is 9.85. The lowest BCUT2D eigenvalue weighted by Gasteiger charge is -2.47. The first-order valence-electron chi connectivity index (χ1n) is 12.6. The van der Waals surface area contributed by atoms with Gasteiger partial charge in [-0.25, -0.2) is 0 Å². The maximum Gasteiger partial charge on any atom is 0.157 e. The summed E-state index contributed by atoms with van der Waals surface area (Å²) in [7, 11) is 5.35. The second-order valence-electron chi connectivity index (χ2n) is 10.1. The first-order valence-corrected chi connectivity index (χ1v) is 12.6. The third kappa shape index (κ3) is 12.9. The van der Waals surface area contributed by atoms with Gasteiger partial charge in [-0.05, 0) is 6.42 Å². The van der Waals surface area contributed by atoms with Crippen molar-refractivity contribution < 1.29 is 24.6 Å². The molecule has 30 heavy (non-hydrogen) atoms. The van der Waals surface area contributed by atoms with Crippen LogP contribution in [0.25, 0.3) is 0 Å². The monoisotopic (exact) mass is 429 g/mol. The molecule has 1 unspecified atom stereocenters. The van der Waals surface area contributed by atoms with E-state index in [0.29, 0.717) is 6.42 Å². The first kappa shape index (κ1) is 29.4. The van der Waals surface area contributed by atoms with Gasteiger partial charge in [-0.1, -0.05) is 103 Å². The van der Waals surface area contributed by atoms with Gasteiger partial charge in [-0.15, -0.1) is 0 Å². The minimum absolute atomic E-state index is 0.131. The number of aliphatic hydroxyl groups excluding tert-OH is 1. The number of hydrogen-bond donors (Lipinski definition) is 2. The molecule has 0 saturated heterocycles. The van der Waals surface area contributed by atoms with Crippen molar-refractivity contribution in [2.75, 3.05) is 21.1 Å². The fourth-order valence-electron chi connectivity index (χ4n) is 4.44. The molecule has 0 aromatic rings. The van der Waals surface area contributed by atoms with Gasteiger partial charge in [-0.2, -0.15) is 0 Å². The van der Waals surface area contributed by atoms with E-state index in [-0.39, 0.29) is 10.9 Å². The van der Waals surface area contributed by atoms with Gasteiger partial charge in [0.15, 0.2) is 6.29 Å². The SMILES string of the molecule is CCCCCCCCCCCCCCCCCCC(CC(O)O)(C(=O)[O-])[N+](C)(C)C. The number of hydrogen-bond acceptors (Lipinski definition) is 4. The van der Waals surface area contributed by atoms with Crippen molar-refractivity contribution in [3.8, 4) is 0 Å². The van der Waals surface area contributed by atoms with E-state index < -0.39 is 17.8 Å². The smallest absolute Gasteiger partial charge is 0.157 e. The Kier molecular flexibility index (Phi) is 16.6. The minimum Gasteiger partial charge on any atom is -0.544 e. The molecular weight excluding hydrogens is 378 g/mol. The van der Waals surface area contributed by atoms with Gasteiger partial charge in [0.2, 0.25) is 0 Å². The van der Waals surface area contributed by atoms with Gasteiger partial charge in [-0.3, -0.25) is 0 Å². The second kappa shape index (κ2) is 17.0. The van der Waals surface area contributed by atoms with Gasteiger partial charge in [0.1, 0.15) is 11.5 Å². The molecule has 0 saturated carbocycles. The van der Waals surface area contributed by atoms with Crippen LogP contribution < -0.4 is 5.11 Å². The Bertz CT molecular complexity index is 420. The van der Waals surface area contributed by atoms with Gasteiger partial charge in [0, 0.05) is 6.42 Å². The van der Waals surface area contributed by atoms with Crippen LogP contribution in [-0.4, -0.2) is 53.6 Å². The number of carboxylic acids is 1. The molecule has 0 fully saturated rings. The highest BCUT2D eigenvalue weighted by atomic mass is 16.5. The molecule has 1 atom stereocenters. The predicted molar refractivity (Wildman–Crippen MR) is 123 cm³/mol. The summed E-state index contributed by atoms with van der Waals surface area (Å²) < 4.78 is 0.131. The Morgan fingerprint density at radius 3 is 1.33 bits per heavy atom. The summed E-state index contributed by atoms with van der Waals surface area (Å²) in [4.78, 5) is 11.8. The quantitative estimate of drug-likeness (QED) is 0.159. The van der Waals surface area contributed by atoms with Crippen LogP contribution in [0.1, 0.15) is 122 Å². The maximum absolute atomic E-state index is 11.8. The molecule has 0 aliphatic rings. The molecule has 0 aromatic carbocycles. The number of likely N-dealkylation sites (N-methyl/N-ethyl adjacent to an activating group) is 1. The number of carbonyl (C=O) groups is 1. The molecule has 0 aliphatic carbocycles. The average molecular weight is 430 g/mol. The maximum atomic E-state index is 11.8. The molecule has 0 radical (unpaired) electrons. The fourth-order valence-corrected chi connectivity index (χ4v) is 4.44. The van der Waals surface area contributed by atoms with Crippen molar-refractivity contribution in [2.24, 2.45) is 0 Å². The second-order valence-corrected chi connectivity index (χ2v) is 10.1. The molecule has 180 valence electrons. The van der Waals surface area contributed by atoms with Crippen molar-refractivity contribution in [1.29, 1.82) is 0 Å². The van der Waals surface area contributed by atoms with Crippen molar-refractivity contribution in [3.05, 3.63) is 0 Å². The van der Waals surface area contributed by atoms with E-state index in [1.54, 1.807) is 21.1 Å². The molecule has 0 aromatic heterocycles. The van der Waals surface area contributed by atoms with Crippen LogP contribution in [0, 0.1) is 0 Å². The zero-order chi connectivity index (χ0) is 22.9. The number of carboxylic acid groups (broad SMARTS) is 1. The molecule has 0 spiro atoms. The Morgan fingerprint density at radius 2 is 1.07 bits per heavy atom. The van der Waals surface area contributed by atoms with Crippen LogP contribution in [0.4, 0.5) is 0 Å². The first-order chi connectivity index (χ1) is 14.2. The average Bonchev–Trinajstić information content (AvgIpc) is 2.65. The summed E-state index contributed by atoms with van der Waals surface area (Å²) in [6, 6.07) is 0. The van der Waals surface area contributed by atoms with Crippen LogP contribution in [0.5, 0.6) is 0 Å². The topological polar surface area (TPSA) is 80.6 Å². The van der Waals surface area contributed by atoms with Crippen molar-refractivity contribution in [3.63, 3.8) is 0 Å². The van der Waals surface area contributed by atoms with E-state index in [2.05, 4.69) is 6.92 Å². The molecule has 0 rings (SSSR count). The molecule has 0 amide bonds. The number of aliphatic carboxylic acids is 1. The minimum atomic E-state index is -1.64. The van der Waals surface area contributed by atoms with Crippen molar-refractivity contribution in [1.82, 2.24) is 0 Å². The van der Waals surface area contributed by atoms with Crippen LogP contribution >= 0.6 is 0 Å². The Labute approximate surface area is 186 Å². The zero-order valence-corrected chi connectivity index (χ0v) is 20.5. The largest absolute Gasteiger partial charge is 0.544 e. The Morgan fingerprint density at radius 1 is 0.733 bits per heavy atom. The Balaban J connectivity index is 3.77. The summed E-state index contributed by atoms with van der Waals surface area (Å²) in [6.07, 6.45) is 19.0. The van der Waals surface area contributed by atoms with Crippen molar-refractivity contribution >= 4 is 5.97 Å². The summed E-state index contributed by atoms with van der Waals surface area (Å²) in [5, 5.41) is 30.6. The number of carbonyl (C=O) groups excluding carboxylic acids is 1. The molecule has 5 nitrogen and oxygen atoms in total. The van der Waals surface area contributed by atoms with E-state index in [4.69, 9.17) is 0 Å². The van der Waals surface area contributed by atoms with Crippen molar-refractivity contribution in [2.45, 2.75) is 134 Å². The number of quaternary nitrogens is 1. The zero-order valence-electron chi connectivity index (χ0n) is 20.5. The lowest BCUT2D eigenvalue weighted by molar-refractivity contribution is -0.918. The number of nitrogens with zero attached hydrogens (tertiary/aromatic N) is 1. The summed E-state index contributed by atoms with van der Waals surface area (Å²) in [5.41, 5.74) is -1.26. The number of aliphatic hydroxyl groups is 2. The highest BCUT2D eigenvalue weighted by Gasteiger charge is 2.45. The van der Waals surface area contributed by atoms with E-state index in [1.807, 2.05) is 0 Å². The number of unbranched alkanes of at least 4 members (excludes halogenated alkanes) is 15. The summed E-state index contributed by atoms with van der Waals surface area (Å²) >= 11 is 0. The van der Waals surface area contributed by atoms with Gasteiger partial charge in [0.25, 0.3) is 0 Å². The third-order valence-electron chi connectivity index (χ3n) is 6.63. The fraction of sp³-hybridized carbons (Fsp3) is 0.960. The molecular formula is C25H51NO4. The summed E-state index contributed by atoms with van der Waals surface area (Å²) in [5.74, 6) is -1.19. The highest BCUT2D eigenvalue weighted by molar-refractivity contribution is 5.75. The lowest BCUT2D eigenvalue weighted by Crippen LogP contribution is -2.67. The van der Waals surface area contributed by atoms with Crippen LogP contribution in [0.15, 0.2) is 0 Å². The summed E-state index contributed by atoms with van der Waals surface area (Å²) in [6.45, 7) is 2.26. The van der Waals surface area contributed by atoms with E-state index >= 15 is 0 Å². The molecule has 0 bridgehead atoms. The van der Waals surface area contributed by atoms with Gasteiger partial charge < -0.3 is 24.6 Å². The molecule has 0 aliphatic heterocycles. The van der Waals surface area contributed by atoms with E-state index in [1.165, 1.54) is 83.5 Å². The number of rotatable bonds is 21. The molecule has 2 N–H and O–H groups in total. The predicted octanol–water partition coefficient (Wildman–Crippen LogP) is 4.53. The Hall–Kier alpha value is -0.650. The van der Waals surface area contributed by atoms with Gasteiger partial charge in [0.05, 0.1) is 27.6 Å². The third-order valence-corrected chi connectivity index (χ3v) is 6.63. The highest BCUT2D eigenvalue weighted by Crippen LogP contribution is 2.30. The van der Waals surface area contributed by atoms with Crippen LogP contribution in [0.3, 0.4) is 0 Å². The van der Waals surface area contributed by atoms with E-state index in [9.17, 15) is 20.1 Å². The van der Waals surface area contributed by atoms with Gasteiger partial charge >= 0.3 is 0 Å². The molecule has 0 heterocycles. The molecule has 5 heteroatoms. The standard InChI is InChI=1S/C25H51NO4/c1-5-6-7-8-9-10-11-12-13-14-15-16-17-18-19-20-21-25(24(29)30,22-23(27)28)26(2,3)4/h23,27-28H,5-22H2,1-4H3. The normalized spacial score (nSPS) is 14.2. The van der Waals surface area contributed by atoms with Crippen LogP contribution in [0.2, 0.25) is 0 Å². The van der Waals surface area contributed by atoms with Crippen LogP contribution in [-0.2, 0) is 4.79 Å². The van der Waals surface area contributed by atoms with E-state index in [0.717, 1.165) is 19.3 Å².